The van der Waals surface area contributed by atoms with Crippen molar-refractivity contribution in [2.24, 2.45) is 5.92 Å². The Kier molecular flexibility index (Phi) is 27.4. The molecule has 0 saturated carbocycles. The maximum absolute atomic E-state index is 12.7. The quantitative estimate of drug-likeness (QED) is 0.0600. The van der Waals surface area contributed by atoms with Crippen LogP contribution in [0.5, 0.6) is 0 Å². The van der Waals surface area contributed by atoms with Crippen molar-refractivity contribution in [2.75, 3.05) is 7.11 Å². The van der Waals surface area contributed by atoms with Crippen molar-refractivity contribution < 1.29 is 19.4 Å². The van der Waals surface area contributed by atoms with Gasteiger partial charge in [-0.3, -0.25) is 9.59 Å². The van der Waals surface area contributed by atoms with Crippen LogP contribution in [0, 0.1) is 5.92 Å². The maximum Gasteiger partial charge on any atom is 0.318 e. The summed E-state index contributed by atoms with van der Waals surface area (Å²) in [7, 11) is 1.31. The van der Waals surface area contributed by atoms with Crippen molar-refractivity contribution in [3.8, 4) is 0 Å². The zero-order valence-corrected chi connectivity index (χ0v) is 25.2. The predicted octanol–water partition coefficient (Wildman–Crippen LogP) is 9.89. The topological polar surface area (TPSA) is 63.6 Å². The van der Waals surface area contributed by atoms with E-state index in [1.54, 1.807) is 0 Å². The number of ketones is 1. The minimum absolute atomic E-state index is 0.148. The first-order valence-corrected chi connectivity index (χ1v) is 16.4. The average Bonchev–Trinajstić information content (AvgIpc) is 2.89. The van der Waals surface area contributed by atoms with Crippen molar-refractivity contribution in [1.29, 1.82) is 0 Å². The number of aliphatic hydroxyl groups excluding tert-OH is 1. The molecule has 0 aliphatic rings. The van der Waals surface area contributed by atoms with E-state index in [2.05, 4.69) is 13.8 Å². The molecule has 2 atom stereocenters. The van der Waals surface area contributed by atoms with Crippen LogP contribution in [-0.2, 0) is 14.3 Å². The summed E-state index contributed by atoms with van der Waals surface area (Å²) in [6.07, 6.45) is 30.0. The summed E-state index contributed by atoms with van der Waals surface area (Å²) in [5, 5.41) is 10.6. The lowest BCUT2D eigenvalue weighted by Gasteiger charge is -2.19. The number of rotatable bonds is 29. The van der Waals surface area contributed by atoms with Crippen LogP contribution >= 0.6 is 0 Å². The average molecular weight is 525 g/mol. The summed E-state index contributed by atoms with van der Waals surface area (Å²) in [5.41, 5.74) is 0. The number of ether oxygens (including phenoxy) is 1. The second-order valence-electron chi connectivity index (χ2n) is 11.4. The third-order valence-corrected chi connectivity index (χ3v) is 7.82. The predicted molar refractivity (Wildman–Crippen MR) is 158 cm³/mol. The van der Waals surface area contributed by atoms with Gasteiger partial charge < -0.3 is 9.84 Å². The van der Waals surface area contributed by atoms with Crippen molar-refractivity contribution in [1.82, 2.24) is 0 Å². The molecule has 0 bridgehead atoms. The molecule has 0 heterocycles. The Morgan fingerprint density at radius 3 is 1.22 bits per heavy atom. The summed E-state index contributed by atoms with van der Waals surface area (Å²) < 4.78 is 4.86. The third-order valence-electron chi connectivity index (χ3n) is 7.82. The van der Waals surface area contributed by atoms with Gasteiger partial charge in [-0.25, -0.2) is 0 Å². The van der Waals surface area contributed by atoms with E-state index in [1.807, 2.05) is 0 Å². The zero-order chi connectivity index (χ0) is 27.4. The number of carbonyl (C=O) groups is 2. The number of esters is 1. The highest BCUT2D eigenvalue weighted by Crippen LogP contribution is 2.20. The highest BCUT2D eigenvalue weighted by Gasteiger charge is 2.33. The fraction of sp³-hybridized carbons (Fsp3) is 0.939. The molecule has 0 amide bonds. The van der Waals surface area contributed by atoms with Crippen LogP contribution < -0.4 is 0 Å². The van der Waals surface area contributed by atoms with Gasteiger partial charge in [-0.05, 0) is 12.8 Å². The Labute approximate surface area is 231 Å². The van der Waals surface area contributed by atoms with Gasteiger partial charge in [-0.2, -0.15) is 0 Å². The number of hydrogen-bond donors (Lipinski definition) is 1. The van der Waals surface area contributed by atoms with Gasteiger partial charge in [0.05, 0.1) is 13.2 Å². The summed E-state index contributed by atoms with van der Waals surface area (Å²) in [5.74, 6) is -1.73. The Bertz CT molecular complexity index is 505. The third kappa shape index (κ3) is 22.8. The van der Waals surface area contributed by atoms with Crippen molar-refractivity contribution in [3.05, 3.63) is 0 Å². The molecule has 37 heavy (non-hydrogen) atoms. The molecule has 0 radical (unpaired) electrons. The van der Waals surface area contributed by atoms with E-state index >= 15 is 0 Å². The number of Topliss-reactive ketones (excluding diaryl/α,β-unsaturated/α-hetero) is 1. The summed E-state index contributed by atoms with van der Waals surface area (Å²) in [4.78, 5) is 24.9. The molecule has 1 N–H and O–H groups in total. The lowest BCUT2D eigenvalue weighted by molar-refractivity contribution is -0.154. The lowest BCUT2D eigenvalue weighted by atomic mass is 9.90. The van der Waals surface area contributed by atoms with E-state index in [-0.39, 0.29) is 5.78 Å². The van der Waals surface area contributed by atoms with Crippen LogP contribution in [0.25, 0.3) is 0 Å². The molecular formula is C33H64O4. The Balaban J connectivity index is 3.86. The summed E-state index contributed by atoms with van der Waals surface area (Å²) >= 11 is 0. The van der Waals surface area contributed by atoms with E-state index in [1.165, 1.54) is 129 Å². The summed E-state index contributed by atoms with van der Waals surface area (Å²) in [6.45, 7) is 4.51. The number of carbonyl (C=O) groups excluding carboxylic acids is 2. The van der Waals surface area contributed by atoms with Gasteiger partial charge in [0.15, 0.2) is 0 Å². The lowest BCUT2D eigenvalue weighted by Crippen LogP contribution is -2.36. The van der Waals surface area contributed by atoms with Gasteiger partial charge in [0.1, 0.15) is 11.7 Å². The van der Waals surface area contributed by atoms with E-state index in [0.717, 1.165) is 32.1 Å². The minimum atomic E-state index is -1.01. The molecule has 0 aliphatic heterocycles. The van der Waals surface area contributed by atoms with Gasteiger partial charge in [-0.15, -0.1) is 0 Å². The highest BCUT2D eigenvalue weighted by atomic mass is 16.5. The Morgan fingerprint density at radius 1 is 0.541 bits per heavy atom. The highest BCUT2D eigenvalue weighted by molar-refractivity contribution is 5.99. The Hall–Kier alpha value is -0.900. The smallest absolute Gasteiger partial charge is 0.318 e. The molecule has 2 unspecified atom stereocenters. The van der Waals surface area contributed by atoms with E-state index in [9.17, 15) is 14.7 Å². The van der Waals surface area contributed by atoms with Gasteiger partial charge in [0.2, 0.25) is 0 Å². The fourth-order valence-electron chi connectivity index (χ4n) is 5.29. The normalized spacial score (nSPS) is 13.0. The first-order chi connectivity index (χ1) is 18.1. The second kappa shape index (κ2) is 28.1. The van der Waals surface area contributed by atoms with Crippen LogP contribution in [0.2, 0.25) is 0 Å². The van der Waals surface area contributed by atoms with E-state index in [0.29, 0.717) is 12.8 Å². The molecule has 4 nitrogen and oxygen atoms in total. The molecule has 0 saturated heterocycles. The van der Waals surface area contributed by atoms with E-state index in [4.69, 9.17) is 4.74 Å². The summed E-state index contributed by atoms with van der Waals surface area (Å²) in [6, 6.07) is 0. The van der Waals surface area contributed by atoms with Crippen LogP contribution in [0.4, 0.5) is 0 Å². The van der Waals surface area contributed by atoms with Crippen molar-refractivity contribution in [3.63, 3.8) is 0 Å². The number of hydrogen-bond acceptors (Lipinski definition) is 4. The molecule has 0 aliphatic carbocycles. The Morgan fingerprint density at radius 2 is 0.865 bits per heavy atom. The maximum atomic E-state index is 12.7. The van der Waals surface area contributed by atoms with E-state index < -0.39 is 18.0 Å². The van der Waals surface area contributed by atoms with Crippen LogP contribution in [-0.4, -0.2) is 30.1 Å². The van der Waals surface area contributed by atoms with Crippen LogP contribution in [0.1, 0.15) is 181 Å². The van der Waals surface area contributed by atoms with Gasteiger partial charge >= 0.3 is 5.97 Å². The van der Waals surface area contributed by atoms with Crippen LogP contribution in [0.15, 0.2) is 0 Å². The van der Waals surface area contributed by atoms with Crippen molar-refractivity contribution in [2.45, 2.75) is 187 Å². The molecule has 0 rings (SSSR count). The van der Waals surface area contributed by atoms with Crippen molar-refractivity contribution >= 4 is 11.8 Å². The molecular weight excluding hydrogens is 460 g/mol. The van der Waals surface area contributed by atoms with Gasteiger partial charge in [0.25, 0.3) is 0 Å². The monoisotopic (exact) mass is 524 g/mol. The molecule has 0 fully saturated rings. The minimum Gasteiger partial charge on any atom is -0.468 e. The number of unbranched alkanes of at least 4 members (excludes halogenated alkanes) is 22. The molecule has 0 aromatic heterocycles. The molecule has 0 aromatic rings. The second-order valence-corrected chi connectivity index (χ2v) is 11.4. The van der Waals surface area contributed by atoms with Crippen LogP contribution in [0.3, 0.4) is 0 Å². The SMILES string of the molecule is CCCCCCCCCCCCCCCC(O)C(C(=O)CCCCCCCCCCCCC)C(=O)OC. The zero-order valence-electron chi connectivity index (χ0n) is 25.2. The van der Waals surface area contributed by atoms with Gasteiger partial charge in [0, 0.05) is 6.42 Å². The molecule has 0 spiro atoms. The fourth-order valence-corrected chi connectivity index (χ4v) is 5.29. The van der Waals surface area contributed by atoms with Gasteiger partial charge in [-0.1, -0.05) is 162 Å². The first-order valence-electron chi connectivity index (χ1n) is 16.4. The number of aliphatic hydroxyl groups is 1. The molecule has 4 heteroatoms. The molecule has 0 aromatic carbocycles. The largest absolute Gasteiger partial charge is 0.468 e. The number of methoxy groups -OCH3 is 1. The molecule has 220 valence electrons. The first kappa shape index (κ1) is 36.1. The standard InChI is InChI=1S/C33H64O4/c1-4-6-8-10-12-14-16-17-19-21-23-25-27-29-31(35)32(33(36)37-3)30(34)28-26-24-22-20-18-15-13-11-9-7-5-2/h31-32,35H,4-29H2,1-3H3.